The quantitative estimate of drug-likeness (QED) is 0.651. The Hall–Kier alpha value is -1.19. The summed E-state index contributed by atoms with van der Waals surface area (Å²) in [6, 6.07) is 0.889. The number of nitrogens with two attached hydrogens (primary N) is 1. The highest BCUT2D eigenvalue weighted by atomic mass is 32.2. The first-order chi connectivity index (χ1) is 9.11. The molecular formula is C11H17N3O4S2. The van der Waals surface area contributed by atoms with E-state index in [4.69, 9.17) is 5.73 Å². The summed E-state index contributed by atoms with van der Waals surface area (Å²) < 4.78 is 26.9. The standard InChI is InChI=1S/C11H17N3O4S2/c1-11(2)4-3-7(6-11)13-20(17,18)9-5-8(14(15)16)10(12)19-9/h5,7,13H,3-4,6,12H2,1-2H3. The van der Waals surface area contributed by atoms with E-state index < -0.39 is 14.9 Å². The van der Waals surface area contributed by atoms with Gasteiger partial charge in [0.25, 0.3) is 10.0 Å². The summed E-state index contributed by atoms with van der Waals surface area (Å²) in [6.07, 6.45) is 2.48. The number of thiophene rings is 1. The van der Waals surface area contributed by atoms with E-state index in [0.717, 1.165) is 36.7 Å². The fourth-order valence-corrected chi connectivity index (χ4v) is 4.96. The molecule has 1 aromatic heterocycles. The van der Waals surface area contributed by atoms with E-state index >= 15 is 0 Å². The van der Waals surface area contributed by atoms with Crippen LogP contribution in [0.2, 0.25) is 0 Å². The predicted molar refractivity (Wildman–Crippen MR) is 77.1 cm³/mol. The van der Waals surface area contributed by atoms with Gasteiger partial charge in [-0.2, -0.15) is 0 Å². The van der Waals surface area contributed by atoms with Gasteiger partial charge < -0.3 is 5.73 Å². The van der Waals surface area contributed by atoms with Crippen LogP contribution in [0, 0.1) is 15.5 Å². The molecule has 3 N–H and O–H groups in total. The molecule has 1 fully saturated rings. The van der Waals surface area contributed by atoms with Gasteiger partial charge in [0.1, 0.15) is 4.21 Å². The fraction of sp³-hybridized carbons (Fsp3) is 0.636. The van der Waals surface area contributed by atoms with Crippen molar-refractivity contribution in [1.29, 1.82) is 0 Å². The zero-order chi connectivity index (χ0) is 15.1. The number of nitrogens with one attached hydrogen (secondary N) is 1. The van der Waals surface area contributed by atoms with Gasteiger partial charge in [-0.05, 0) is 24.7 Å². The zero-order valence-electron chi connectivity index (χ0n) is 11.3. The Labute approximate surface area is 121 Å². The number of rotatable bonds is 4. The predicted octanol–water partition coefficient (Wildman–Crippen LogP) is 2.10. The van der Waals surface area contributed by atoms with Gasteiger partial charge in [0, 0.05) is 12.1 Å². The number of nitrogens with zero attached hydrogens (tertiary/aromatic N) is 1. The molecule has 112 valence electrons. The van der Waals surface area contributed by atoms with E-state index in [1.54, 1.807) is 0 Å². The summed E-state index contributed by atoms with van der Waals surface area (Å²) in [5.74, 6) is 0. The van der Waals surface area contributed by atoms with Crippen LogP contribution in [0.15, 0.2) is 10.3 Å². The average molecular weight is 319 g/mol. The lowest BCUT2D eigenvalue weighted by atomic mass is 9.92. The number of nitro groups is 1. The third kappa shape index (κ3) is 3.10. The minimum Gasteiger partial charge on any atom is -0.385 e. The second-order valence-corrected chi connectivity index (χ2v) is 8.82. The van der Waals surface area contributed by atoms with E-state index in [0.29, 0.717) is 0 Å². The van der Waals surface area contributed by atoms with Crippen LogP contribution in [0.5, 0.6) is 0 Å². The van der Waals surface area contributed by atoms with Crippen molar-refractivity contribution in [2.75, 3.05) is 5.73 Å². The maximum atomic E-state index is 12.2. The first-order valence-corrected chi connectivity index (χ1v) is 8.47. The van der Waals surface area contributed by atoms with E-state index in [1.165, 1.54) is 0 Å². The summed E-state index contributed by atoms with van der Waals surface area (Å²) in [5, 5.41) is 10.6. The highest BCUT2D eigenvalue weighted by molar-refractivity contribution is 7.91. The van der Waals surface area contributed by atoms with Gasteiger partial charge >= 0.3 is 5.69 Å². The van der Waals surface area contributed by atoms with Crippen LogP contribution in [-0.4, -0.2) is 19.4 Å². The SMILES string of the molecule is CC1(C)CCC(NS(=O)(=O)c2cc([N+](=O)[O-])c(N)s2)C1. The Morgan fingerprint density at radius 1 is 1.55 bits per heavy atom. The molecule has 0 aromatic carbocycles. The summed E-state index contributed by atoms with van der Waals surface area (Å²) >= 11 is 0.719. The van der Waals surface area contributed by atoms with Crippen molar-refractivity contribution in [3.63, 3.8) is 0 Å². The molecule has 1 aliphatic rings. The topological polar surface area (TPSA) is 115 Å². The number of anilines is 1. The second-order valence-electron chi connectivity index (χ2n) is 5.80. The molecule has 0 spiro atoms. The minimum absolute atomic E-state index is 0.0953. The molecule has 9 heteroatoms. The second kappa shape index (κ2) is 4.97. The molecule has 7 nitrogen and oxygen atoms in total. The fourth-order valence-electron chi connectivity index (χ4n) is 2.46. The Balaban J connectivity index is 2.19. The highest BCUT2D eigenvalue weighted by Crippen LogP contribution is 2.39. The molecule has 0 aliphatic heterocycles. The third-order valence-corrected chi connectivity index (χ3v) is 6.42. The first-order valence-electron chi connectivity index (χ1n) is 6.17. The van der Waals surface area contributed by atoms with Gasteiger partial charge in [0.05, 0.1) is 4.92 Å². The van der Waals surface area contributed by atoms with Crippen molar-refractivity contribution in [2.24, 2.45) is 5.41 Å². The van der Waals surface area contributed by atoms with Crippen LogP contribution >= 0.6 is 11.3 Å². The Kier molecular flexibility index (Phi) is 3.78. The molecule has 1 aliphatic carbocycles. The van der Waals surface area contributed by atoms with Crippen molar-refractivity contribution in [2.45, 2.75) is 43.4 Å². The molecule has 2 rings (SSSR count). The van der Waals surface area contributed by atoms with Gasteiger partial charge in [0.15, 0.2) is 5.00 Å². The molecule has 1 unspecified atom stereocenters. The summed E-state index contributed by atoms with van der Waals surface area (Å²) in [7, 11) is -3.74. The summed E-state index contributed by atoms with van der Waals surface area (Å²) in [6.45, 7) is 4.19. The third-order valence-electron chi connectivity index (χ3n) is 3.47. The van der Waals surface area contributed by atoms with Crippen LogP contribution in [0.3, 0.4) is 0 Å². The molecule has 1 saturated carbocycles. The smallest absolute Gasteiger partial charge is 0.304 e. The van der Waals surface area contributed by atoms with Crippen molar-refractivity contribution >= 4 is 32.0 Å². The average Bonchev–Trinajstić information content (AvgIpc) is 2.82. The molecule has 0 amide bonds. The number of nitrogen functional groups attached to an aromatic ring is 1. The van der Waals surface area contributed by atoms with Crippen LogP contribution in [-0.2, 0) is 10.0 Å². The first kappa shape index (κ1) is 15.2. The van der Waals surface area contributed by atoms with Crippen LogP contribution in [0.4, 0.5) is 10.7 Å². The number of hydrogen-bond acceptors (Lipinski definition) is 6. The van der Waals surface area contributed by atoms with Crippen LogP contribution in [0.25, 0.3) is 0 Å². The van der Waals surface area contributed by atoms with Crippen molar-refractivity contribution in [3.8, 4) is 0 Å². The van der Waals surface area contributed by atoms with E-state index in [2.05, 4.69) is 18.6 Å². The van der Waals surface area contributed by atoms with Gasteiger partial charge in [-0.15, -0.1) is 0 Å². The Bertz CT molecular complexity index is 636. The summed E-state index contributed by atoms with van der Waals surface area (Å²) in [5.41, 5.74) is 5.23. The maximum absolute atomic E-state index is 12.2. The maximum Gasteiger partial charge on any atom is 0.304 e. The van der Waals surface area contributed by atoms with Gasteiger partial charge in [0.2, 0.25) is 0 Å². The van der Waals surface area contributed by atoms with Crippen LogP contribution < -0.4 is 10.5 Å². The molecule has 20 heavy (non-hydrogen) atoms. The largest absolute Gasteiger partial charge is 0.385 e. The molecule has 0 saturated heterocycles. The normalized spacial score (nSPS) is 22.0. The van der Waals surface area contributed by atoms with E-state index in [9.17, 15) is 18.5 Å². The van der Waals surface area contributed by atoms with Crippen molar-refractivity contribution in [3.05, 3.63) is 16.2 Å². The van der Waals surface area contributed by atoms with E-state index in [-0.39, 0.29) is 26.4 Å². The number of sulfonamides is 1. The molecule has 0 bridgehead atoms. The Morgan fingerprint density at radius 2 is 2.20 bits per heavy atom. The zero-order valence-corrected chi connectivity index (χ0v) is 12.9. The molecule has 1 aromatic rings. The molecule has 0 radical (unpaired) electrons. The lowest BCUT2D eigenvalue weighted by molar-refractivity contribution is -0.383. The van der Waals surface area contributed by atoms with E-state index in [1.807, 2.05) is 0 Å². The Morgan fingerprint density at radius 3 is 2.65 bits per heavy atom. The van der Waals surface area contributed by atoms with Crippen LogP contribution in [0.1, 0.15) is 33.1 Å². The van der Waals surface area contributed by atoms with Gasteiger partial charge in [-0.25, -0.2) is 13.1 Å². The summed E-state index contributed by atoms with van der Waals surface area (Å²) in [4.78, 5) is 10.0. The monoisotopic (exact) mass is 319 g/mol. The molecule has 1 atom stereocenters. The lowest BCUT2D eigenvalue weighted by Gasteiger charge is -2.17. The minimum atomic E-state index is -3.74. The lowest BCUT2D eigenvalue weighted by Crippen LogP contribution is -2.33. The highest BCUT2D eigenvalue weighted by Gasteiger charge is 2.34. The number of hydrogen-bond donors (Lipinski definition) is 2. The molecular weight excluding hydrogens is 302 g/mol. The van der Waals surface area contributed by atoms with Gasteiger partial charge in [-0.1, -0.05) is 25.2 Å². The van der Waals surface area contributed by atoms with Crippen molar-refractivity contribution in [1.82, 2.24) is 4.72 Å². The van der Waals surface area contributed by atoms with Gasteiger partial charge in [-0.3, -0.25) is 10.1 Å². The van der Waals surface area contributed by atoms with Crippen molar-refractivity contribution < 1.29 is 13.3 Å². The molecule has 1 heterocycles.